The number of carbonyl (C=O) groups is 1. The van der Waals surface area contributed by atoms with Crippen LogP contribution in [0.3, 0.4) is 0 Å². The highest BCUT2D eigenvalue weighted by atomic mass is 19.4. The molecule has 2 aliphatic rings. The lowest BCUT2D eigenvalue weighted by atomic mass is 9.85. The van der Waals surface area contributed by atoms with Gasteiger partial charge in [-0.1, -0.05) is 31.6 Å². The molecule has 4 rings (SSSR count). The normalized spacial score (nSPS) is 16.6. The van der Waals surface area contributed by atoms with Crippen molar-refractivity contribution in [3.05, 3.63) is 64.2 Å². The number of ether oxygens (including phenoxy) is 2. The summed E-state index contributed by atoms with van der Waals surface area (Å²) in [6.07, 6.45) is -2.83. The fourth-order valence-electron chi connectivity index (χ4n) is 4.68. The molecule has 0 bridgehead atoms. The first-order chi connectivity index (χ1) is 17.0. The van der Waals surface area contributed by atoms with Gasteiger partial charge in [0.15, 0.2) is 0 Å². The van der Waals surface area contributed by atoms with Crippen LogP contribution in [0.25, 0.3) is 5.57 Å². The predicted molar refractivity (Wildman–Crippen MR) is 131 cm³/mol. The molecule has 0 amide bonds. The van der Waals surface area contributed by atoms with Crippen molar-refractivity contribution in [1.29, 1.82) is 0 Å². The zero-order valence-electron chi connectivity index (χ0n) is 20.8. The third-order valence-electron chi connectivity index (χ3n) is 6.79. The first-order valence-electron chi connectivity index (χ1n) is 12.2. The van der Waals surface area contributed by atoms with Gasteiger partial charge in [-0.3, -0.25) is 9.69 Å². The van der Waals surface area contributed by atoms with Crippen LogP contribution in [0.1, 0.15) is 49.4 Å². The minimum atomic E-state index is -4.51. The van der Waals surface area contributed by atoms with Crippen molar-refractivity contribution in [3.8, 4) is 11.5 Å². The van der Waals surface area contributed by atoms with Crippen molar-refractivity contribution >= 4 is 11.5 Å². The van der Waals surface area contributed by atoms with Crippen LogP contribution >= 0.6 is 0 Å². The number of carboxylic acid groups (broad SMARTS) is 1. The topological polar surface area (TPSA) is 59.0 Å². The molecule has 2 aromatic carbocycles. The lowest BCUT2D eigenvalue weighted by molar-refractivity contribution is -0.147. The van der Waals surface area contributed by atoms with E-state index in [9.17, 15) is 18.0 Å². The number of nitrogens with zero attached hydrogens (tertiary/aromatic N) is 1. The number of fused-ring (bicyclic) bond motifs is 1. The monoisotopic (exact) mass is 503 g/mol. The lowest BCUT2D eigenvalue weighted by Gasteiger charge is -2.38. The Bertz CT molecular complexity index is 1150. The number of benzene rings is 2. The minimum absolute atomic E-state index is 0.0599. The molecule has 0 atom stereocenters. The Labute approximate surface area is 209 Å². The van der Waals surface area contributed by atoms with Crippen LogP contribution in [0.5, 0.6) is 11.5 Å². The molecule has 0 aromatic heterocycles. The molecule has 1 aliphatic heterocycles. The number of halogens is 3. The van der Waals surface area contributed by atoms with Gasteiger partial charge in [0.05, 0.1) is 18.1 Å². The van der Waals surface area contributed by atoms with Crippen molar-refractivity contribution in [2.45, 2.75) is 46.4 Å². The number of carboxylic acids is 1. The first kappa shape index (κ1) is 26.1. The van der Waals surface area contributed by atoms with Gasteiger partial charge < -0.3 is 14.6 Å². The number of likely N-dealkylation sites (tertiary alicyclic amines) is 1. The summed E-state index contributed by atoms with van der Waals surface area (Å²) < 4.78 is 52.3. The second kappa shape index (κ2) is 10.5. The van der Waals surface area contributed by atoms with Gasteiger partial charge in [-0.15, -0.1) is 0 Å². The van der Waals surface area contributed by atoms with Crippen LogP contribution in [0.2, 0.25) is 0 Å². The van der Waals surface area contributed by atoms with Gasteiger partial charge in [0, 0.05) is 25.2 Å². The molecular formula is C28H32F3NO4. The zero-order valence-corrected chi connectivity index (χ0v) is 20.8. The molecule has 0 unspecified atom stereocenters. The van der Waals surface area contributed by atoms with Gasteiger partial charge >= 0.3 is 12.1 Å². The summed E-state index contributed by atoms with van der Waals surface area (Å²) in [5, 5.41) is 9.08. The van der Waals surface area contributed by atoms with Gasteiger partial charge in [0.2, 0.25) is 0 Å². The van der Waals surface area contributed by atoms with Crippen LogP contribution < -0.4 is 9.47 Å². The van der Waals surface area contributed by atoms with E-state index in [-0.39, 0.29) is 29.8 Å². The molecule has 1 aliphatic carbocycles. The van der Waals surface area contributed by atoms with Crippen LogP contribution in [0, 0.1) is 11.8 Å². The highest BCUT2D eigenvalue weighted by Crippen LogP contribution is 2.37. The Kier molecular flexibility index (Phi) is 7.64. The zero-order chi connectivity index (χ0) is 26.0. The Morgan fingerprint density at radius 3 is 2.44 bits per heavy atom. The molecule has 2 aromatic rings. The van der Waals surface area contributed by atoms with Crippen molar-refractivity contribution in [1.82, 2.24) is 4.90 Å². The number of aliphatic carboxylic acids is 1. The predicted octanol–water partition coefficient (Wildman–Crippen LogP) is 6.06. The van der Waals surface area contributed by atoms with Crippen LogP contribution in [0.15, 0.2) is 42.0 Å². The average molecular weight is 504 g/mol. The minimum Gasteiger partial charge on any atom is -0.493 e. The number of hydrogen-bond donors (Lipinski definition) is 1. The quantitative estimate of drug-likeness (QED) is 0.451. The third-order valence-corrected chi connectivity index (χ3v) is 6.79. The van der Waals surface area contributed by atoms with Crippen LogP contribution in [0.4, 0.5) is 13.2 Å². The molecule has 36 heavy (non-hydrogen) atoms. The maximum Gasteiger partial charge on any atom is 0.416 e. The van der Waals surface area contributed by atoms with E-state index < -0.39 is 17.7 Å². The first-order valence-corrected chi connectivity index (χ1v) is 12.2. The summed E-state index contributed by atoms with van der Waals surface area (Å²) in [4.78, 5) is 13.2. The molecule has 8 heteroatoms. The Morgan fingerprint density at radius 2 is 1.78 bits per heavy atom. The second-order valence-electron chi connectivity index (χ2n) is 10.1. The summed E-state index contributed by atoms with van der Waals surface area (Å²) >= 11 is 0. The number of allylic oxidation sites excluding steroid dienone is 1. The maximum atomic E-state index is 13.7. The number of hydrogen-bond acceptors (Lipinski definition) is 4. The van der Waals surface area contributed by atoms with E-state index in [1.165, 1.54) is 17.2 Å². The lowest BCUT2D eigenvalue weighted by Crippen LogP contribution is -2.50. The van der Waals surface area contributed by atoms with E-state index in [0.29, 0.717) is 25.4 Å². The van der Waals surface area contributed by atoms with Gasteiger partial charge in [-0.05, 0) is 66.6 Å². The molecule has 1 fully saturated rings. The largest absolute Gasteiger partial charge is 0.493 e. The van der Waals surface area contributed by atoms with Crippen molar-refractivity contribution in [3.63, 3.8) is 0 Å². The highest BCUT2D eigenvalue weighted by molar-refractivity contribution is 5.73. The van der Waals surface area contributed by atoms with Gasteiger partial charge in [-0.25, -0.2) is 0 Å². The number of rotatable bonds is 9. The summed E-state index contributed by atoms with van der Waals surface area (Å²) in [5.74, 6) is -0.0751. The highest BCUT2D eigenvalue weighted by Gasteiger charge is 2.35. The fourth-order valence-corrected chi connectivity index (χ4v) is 4.68. The van der Waals surface area contributed by atoms with Crippen molar-refractivity contribution in [2.24, 2.45) is 11.8 Å². The van der Waals surface area contributed by atoms with Crippen LogP contribution in [-0.4, -0.2) is 42.2 Å². The molecular weight excluding hydrogens is 471 g/mol. The molecule has 0 saturated carbocycles. The smallest absolute Gasteiger partial charge is 0.416 e. The number of aryl methyl sites for hydroxylation is 1. The van der Waals surface area contributed by atoms with Crippen molar-refractivity contribution in [2.75, 3.05) is 26.2 Å². The molecule has 1 heterocycles. The number of alkyl halides is 3. The summed E-state index contributed by atoms with van der Waals surface area (Å²) in [7, 11) is 0. The Morgan fingerprint density at radius 1 is 1.08 bits per heavy atom. The Balaban J connectivity index is 1.43. The van der Waals surface area contributed by atoms with E-state index in [2.05, 4.69) is 11.8 Å². The fraction of sp³-hybridized carbons (Fsp3) is 0.464. The maximum absolute atomic E-state index is 13.7. The van der Waals surface area contributed by atoms with Gasteiger partial charge in [-0.2, -0.15) is 13.2 Å². The summed E-state index contributed by atoms with van der Waals surface area (Å²) in [6, 6.07) is 9.68. The average Bonchev–Trinajstić information content (AvgIpc) is 2.79. The molecule has 0 radical (unpaired) electrons. The molecule has 0 spiro atoms. The Hall–Kier alpha value is -3.00. The van der Waals surface area contributed by atoms with E-state index in [4.69, 9.17) is 14.6 Å². The van der Waals surface area contributed by atoms with E-state index in [1.807, 2.05) is 26.0 Å². The molecule has 194 valence electrons. The van der Waals surface area contributed by atoms with Crippen molar-refractivity contribution < 1.29 is 32.5 Å². The van der Waals surface area contributed by atoms with Crippen LogP contribution in [-0.2, 0) is 24.0 Å². The summed E-state index contributed by atoms with van der Waals surface area (Å²) in [6.45, 7) is 8.02. The molecule has 5 nitrogen and oxygen atoms in total. The summed E-state index contributed by atoms with van der Waals surface area (Å²) in [5.41, 5.74) is 4.01. The third kappa shape index (κ3) is 6.03. The van der Waals surface area contributed by atoms with E-state index >= 15 is 0 Å². The SMILES string of the molecule is CC1=C(CN2CC(C(=O)O)C2)CCc2cc(OCc3ccc(OCC(C)C)cc3C(F)(F)F)ccc21. The standard InChI is InChI=1S/C28H32F3NO4/c1-17(2)15-35-24-7-6-21(26(11-24)28(29,30)31)16-36-23-8-9-25-18(3)20(5-4-19(25)10-23)12-32-13-22(14-32)27(33)34/h6-11,17,22H,4-5,12-16H2,1-3H3,(H,33,34). The van der Waals surface area contributed by atoms with E-state index in [0.717, 1.165) is 36.6 Å². The van der Waals surface area contributed by atoms with Gasteiger partial charge in [0.1, 0.15) is 18.1 Å². The second-order valence-corrected chi connectivity index (χ2v) is 10.1. The van der Waals surface area contributed by atoms with E-state index in [1.54, 1.807) is 12.1 Å². The van der Waals surface area contributed by atoms with Gasteiger partial charge in [0.25, 0.3) is 0 Å². The molecule has 1 N–H and O–H groups in total. The molecule has 1 saturated heterocycles.